The van der Waals surface area contributed by atoms with Crippen molar-refractivity contribution in [2.45, 2.75) is 64.8 Å². The molecule has 0 spiro atoms. The Morgan fingerprint density at radius 2 is 1.45 bits per heavy atom. The van der Waals surface area contributed by atoms with Gasteiger partial charge in [-0.2, -0.15) is 11.8 Å². The summed E-state index contributed by atoms with van der Waals surface area (Å²) in [6, 6.07) is -2.65. The number of carbonyl (C=O) groups is 5. The van der Waals surface area contributed by atoms with Gasteiger partial charge in [0.1, 0.15) is 23.7 Å². The molecular formula is C20H35N3O9S. The maximum Gasteiger partial charge on any atom is 0.408 e. The van der Waals surface area contributed by atoms with Gasteiger partial charge in [0.25, 0.3) is 0 Å². The number of hydrogen-bond donors (Lipinski definition) is 3. The lowest BCUT2D eigenvalue weighted by atomic mass is 10.2. The average Bonchev–Trinajstić information content (AvgIpc) is 2.72. The molecule has 0 aliphatic heterocycles. The Bertz CT molecular complexity index is 682. The molecule has 0 unspecified atom stereocenters. The van der Waals surface area contributed by atoms with E-state index in [1.54, 1.807) is 20.8 Å². The van der Waals surface area contributed by atoms with Gasteiger partial charge < -0.3 is 34.9 Å². The van der Waals surface area contributed by atoms with Crippen molar-refractivity contribution in [3.8, 4) is 0 Å². The maximum absolute atomic E-state index is 12.0. The van der Waals surface area contributed by atoms with Crippen LogP contribution in [-0.4, -0.2) is 86.1 Å². The SMILES string of the molecule is COC(=O)[C@H](C)NC(=O)[C@H](C)NC(=O)OCCCSC[C@H](NC(=O)OC(C)(C)C)C(=O)OC. The highest BCUT2D eigenvalue weighted by Crippen LogP contribution is 2.10. The minimum Gasteiger partial charge on any atom is -0.467 e. The normalized spacial score (nSPS) is 13.5. The molecule has 0 rings (SSSR count). The van der Waals surface area contributed by atoms with E-state index >= 15 is 0 Å². The fourth-order valence-electron chi connectivity index (χ4n) is 2.15. The highest BCUT2D eigenvalue weighted by Gasteiger charge is 2.25. The van der Waals surface area contributed by atoms with Crippen LogP contribution in [0.2, 0.25) is 0 Å². The van der Waals surface area contributed by atoms with Crippen LogP contribution >= 0.6 is 11.8 Å². The van der Waals surface area contributed by atoms with E-state index in [0.717, 1.165) is 0 Å². The monoisotopic (exact) mass is 493 g/mol. The zero-order valence-electron chi connectivity index (χ0n) is 20.1. The van der Waals surface area contributed by atoms with Gasteiger partial charge in [-0.25, -0.2) is 19.2 Å². The molecule has 0 heterocycles. The summed E-state index contributed by atoms with van der Waals surface area (Å²) in [6.45, 7) is 8.11. The lowest BCUT2D eigenvalue weighted by Crippen LogP contribution is -2.49. The molecule has 0 saturated carbocycles. The number of rotatable bonds is 12. The van der Waals surface area contributed by atoms with Crippen LogP contribution in [-0.2, 0) is 33.3 Å². The maximum atomic E-state index is 12.0. The molecule has 0 aromatic rings. The van der Waals surface area contributed by atoms with Gasteiger partial charge >= 0.3 is 24.1 Å². The number of hydrogen-bond acceptors (Lipinski definition) is 10. The third-order valence-electron chi connectivity index (χ3n) is 3.77. The van der Waals surface area contributed by atoms with Gasteiger partial charge in [0.2, 0.25) is 5.91 Å². The zero-order valence-corrected chi connectivity index (χ0v) is 21.0. The minimum absolute atomic E-state index is 0.0775. The summed E-state index contributed by atoms with van der Waals surface area (Å²) >= 11 is 1.36. The third kappa shape index (κ3) is 14.1. The van der Waals surface area contributed by atoms with E-state index in [9.17, 15) is 24.0 Å². The van der Waals surface area contributed by atoms with Gasteiger partial charge in [-0.1, -0.05) is 0 Å². The molecule has 0 saturated heterocycles. The summed E-state index contributed by atoms with van der Waals surface area (Å²) in [7, 11) is 2.43. The number of amides is 3. The van der Waals surface area contributed by atoms with Crippen LogP contribution in [0.25, 0.3) is 0 Å². The Balaban J connectivity index is 4.24. The van der Waals surface area contributed by atoms with Crippen LogP contribution in [0.5, 0.6) is 0 Å². The van der Waals surface area contributed by atoms with Crippen molar-refractivity contribution in [2.24, 2.45) is 0 Å². The number of esters is 2. The predicted octanol–water partition coefficient (Wildman–Crippen LogP) is 0.968. The van der Waals surface area contributed by atoms with Crippen molar-refractivity contribution in [2.75, 3.05) is 32.3 Å². The summed E-state index contributed by atoms with van der Waals surface area (Å²) in [4.78, 5) is 58.8. The van der Waals surface area contributed by atoms with Crippen LogP contribution in [0.15, 0.2) is 0 Å². The fraction of sp³-hybridized carbons (Fsp3) is 0.750. The summed E-state index contributed by atoms with van der Waals surface area (Å²) < 4.78 is 19.4. The van der Waals surface area contributed by atoms with E-state index < -0.39 is 53.8 Å². The molecule has 33 heavy (non-hydrogen) atoms. The Labute approximate surface area is 198 Å². The lowest BCUT2D eigenvalue weighted by Gasteiger charge is -2.22. The van der Waals surface area contributed by atoms with Crippen LogP contribution in [0.3, 0.4) is 0 Å². The molecule has 0 bridgehead atoms. The first-order valence-corrected chi connectivity index (χ1v) is 11.4. The molecule has 3 N–H and O–H groups in total. The molecule has 0 aromatic heterocycles. The molecule has 0 aromatic carbocycles. The molecular weight excluding hydrogens is 458 g/mol. The first kappa shape index (κ1) is 30.3. The second-order valence-electron chi connectivity index (χ2n) is 7.91. The second kappa shape index (κ2) is 15.2. The van der Waals surface area contributed by atoms with Gasteiger partial charge in [-0.15, -0.1) is 0 Å². The molecule has 3 amide bonds. The standard InChI is InChI=1S/C20H35N3O9S/c1-12(15(24)21-13(2)16(25)29-6)22-18(27)31-9-8-10-33-11-14(17(26)30-7)23-19(28)32-20(3,4)5/h12-14H,8-11H2,1-7H3,(H,21,24)(H,22,27)(H,23,28)/t12-,13-,14-/m0/s1. The Morgan fingerprint density at radius 3 is 2.00 bits per heavy atom. The van der Waals surface area contributed by atoms with Crippen molar-refractivity contribution in [3.63, 3.8) is 0 Å². The van der Waals surface area contributed by atoms with Gasteiger partial charge in [0, 0.05) is 5.75 Å². The number of methoxy groups -OCH3 is 2. The van der Waals surface area contributed by atoms with Crippen molar-refractivity contribution >= 4 is 41.8 Å². The van der Waals surface area contributed by atoms with Gasteiger partial charge in [0.15, 0.2) is 0 Å². The number of nitrogens with one attached hydrogen (secondary N) is 3. The Morgan fingerprint density at radius 1 is 0.848 bits per heavy atom. The second-order valence-corrected chi connectivity index (χ2v) is 9.06. The molecule has 0 aliphatic rings. The van der Waals surface area contributed by atoms with E-state index in [-0.39, 0.29) is 12.4 Å². The lowest BCUT2D eigenvalue weighted by molar-refractivity contribution is -0.144. The smallest absolute Gasteiger partial charge is 0.408 e. The van der Waals surface area contributed by atoms with Crippen molar-refractivity contribution in [3.05, 3.63) is 0 Å². The molecule has 3 atom stereocenters. The molecule has 12 nitrogen and oxygen atoms in total. The van der Waals surface area contributed by atoms with E-state index in [4.69, 9.17) is 14.2 Å². The van der Waals surface area contributed by atoms with E-state index in [1.165, 1.54) is 39.8 Å². The van der Waals surface area contributed by atoms with E-state index in [2.05, 4.69) is 20.7 Å². The first-order valence-electron chi connectivity index (χ1n) is 10.3. The largest absolute Gasteiger partial charge is 0.467 e. The Kier molecular flexibility index (Phi) is 14.0. The Hall–Kier alpha value is -2.70. The van der Waals surface area contributed by atoms with Crippen LogP contribution in [0, 0.1) is 0 Å². The van der Waals surface area contributed by atoms with E-state index in [1.807, 2.05) is 0 Å². The molecule has 0 aliphatic carbocycles. The molecule has 0 fully saturated rings. The summed E-state index contributed by atoms with van der Waals surface area (Å²) in [6.07, 6.45) is -1.04. The highest BCUT2D eigenvalue weighted by atomic mass is 32.2. The summed E-state index contributed by atoms with van der Waals surface area (Å²) in [5.74, 6) is -0.993. The van der Waals surface area contributed by atoms with E-state index in [0.29, 0.717) is 12.2 Å². The molecule has 13 heteroatoms. The molecule has 0 radical (unpaired) electrons. The van der Waals surface area contributed by atoms with Crippen LogP contribution in [0.4, 0.5) is 9.59 Å². The zero-order chi connectivity index (χ0) is 25.6. The predicted molar refractivity (Wildman–Crippen MR) is 121 cm³/mol. The van der Waals surface area contributed by atoms with Gasteiger partial charge in [-0.3, -0.25) is 4.79 Å². The minimum atomic E-state index is -0.918. The van der Waals surface area contributed by atoms with Crippen molar-refractivity contribution in [1.29, 1.82) is 0 Å². The van der Waals surface area contributed by atoms with Crippen LogP contribution < -0.4 is 16.0 Å². The third-order valence-corrected chi connectivity index (χ3v) is 4.91. The topological polar surface area (TPSA) is 158 Å². The highest BCUT2D eigenvalue weighted by molar-refractivity contribution is 7.99. The molecule has 190 valence electrons. The number of thioether (sulfide) groups is 1. The van der Waals surface area contributed by atoms with Crippen molar-refractivity contribution in [1.82, 2.24) is 16.0 Å². The fourth-order valence-corrected chi connectivity index (χ4v) is 3.09. The number of carbonyl (C=O) groups excluding carboxylic acids is 5. The van der Waals surface area contributed by atoms with Crippen LogP contribution in [0.1, 0.15) is 41.0 Å². The number of alkyl carbamates (subject to hydrolysis) is 2. The van der Waals surface area contributed by atoms with Gasteiger partial charge in [0.05, 0.1) is 20.8 Å². The quantitative estimate of drug-likeness (QED) is 0.203. The van der Waals surface area contributed by atoms with Gasteiger partial charge in [-0.05, 0) is 46.8 Å². The summed E-state index contributed by atoms with van der Waals surface area (Å²) in [5, 5.41) is 7.24. The average molecular weight is 494 g/mol. The first-order chi connectivity index (χ1) is 15.3. The van der Waals surface area contributed by atoms with Crippen molar-refractivity contribution < 1.29 is 42.9 Å². The number of ether oxygens (including phenoxy) is 4. The summed E-state index contributed by atoms with van der Waals surface area (Å²) in [5.41, 5.74) is -0.701.